The Morgan fingerprint density at radius 2 is 2.04 bits per heavy atom. The summed E-state index contributed by atoms with van der Waals surface area (Å²) in [6.45, 7) is 6.50. The molecule has 0 unspecified atom stereocenters. The van der Waals surface area contributed by atoms with Crippen LogP contribution in [0.1, 0.15) is 23.7 Å². The molecule has 1 aromatic heterocycles. The second-order valence-corrected chi connectivity index (χ2v) is 6.53. The van der Waals surface area contributed by atoms with Crippen LogP contribution in [-0.4, -0.2) is 79.7 Å². The Morgan fingerprint density at radius 3 is 2.74 bits per heavy atom. The van der Waals surface area contributed by atoms with Crippen LogP contribution in [0.5, 0.6) is 0 Å². The lowest BCUT2D eigenvalue weighted by molar-refractivity contribution is 0.0104. The van der Waals surface area contributed by atoms with Gasteiger partial charge in [-0.05, 0) is 19.4 Å². The van der Waals surface area contributed by atoms with Gasteiger partial charge in [-0.1, -0.05) is 0 Å². The summed E-state index contributed by atoms with van der Waals surface area (Å²) < 4.78 is 5.44. The molecule has 1 aromatic rings. The van der Waals surface area contributed by atoms with E-state index in [0.717, 1.165) is 45.0 Å². The van der Waals surface area contributed by atoms with Crippen molar-refractivity contribution in [1.29, 1.82) is 0 Å². The van der Waals surface area contributed by atoms with Gasteiger partial charge in [-0.15, -0.1) is 0 Å². The second-order valence-electron chi connectivity index (χ2n) is 6.53. The van der Waals surface area contributed by atoms with Gasteiger partial charge in [-0.25, -0.2) is 0 Å². The highest BCUT2D eigenvalue weighted by Crippen LogP contribution is 2.27. The minimum atomic E-state index is 0.0880. The number of carbonyl (C=O) groups excluding carboxylic acids is 1. The molecule has 0 bridgehead atoms. The molecule has 6 heteroatoms. The molecule has 0 spiro atoms. The monoisotopic (exact) mass is 318 g/mol. The molecule has 0 aliphatic carbocycles. The molecule has 2 saturated heterocycles. The highest BCUT2D eigenvalue weighted by molar-refractivity contribution is 5.99. The summed E-state index contributed by atoms with van der Waals surface area (Å²) in [5.41, 5.74) is 1.61. The number of rotatable bonds is 3. The molecular formula is C17H26N4O2. The quantitative estimate of drug-likeness (QED) is 0.835. The SMILES string of the molecule is C[C@@H]1[C@H](N2CCOCC2)CCN1C(=O)c1cnccc1N(C)C. The maximum Gasteiger partial charge on any atom is 0.257 e. The predicted molar refractivity (Wildman–Crippen MR) is 89.9 cm³/mol. The number of pyridine rings is 1. The predicted octanol–water partition coefficient (Wildman–Crippen LogP) is 1.08. The summed E-state index contributed by atoms with van der Waals surface area (Å²) in [6.07, 6.45) is 4.45. The van der Waals surface area contributed by atoms with Gasteiger partial charge in [-0.3, -0.25) is 14.7 Å². The molecule has 2 fully saturated rings. The first-order valence-corrected chi connectivity index (χ1v) is 8.33. The number of amides is 1. The van der Waals surface area contributed by atoms with E-state index in [-0.39, 0.29) is 11.9 Å². The van der Waals surface area contributed by atoms with Gasteiger partial charge in [0, 0.05) is 58.2 Å². The van der Waals surface area contributed by atoms with Crippen LogP contribution < -0.4 is 4.90 Å². The second kappa shape index (κ2) is 6.84. The number of morpholine rings is 1. The number of nitrogens with zero attached hydrogens (tertiary/aromatic N) is 4. The smallest absolute Gasteiger partial charge is 0.257 e. The molecule has 1 amide bonds. The van der Waals surface area contributed by atoms with Crippen LogP contribution >= 0.6 is 0 Å². The number of ether oxygens (including phenoxy) is 1. The summed E-state index contributed by atoms with van der Waals surface area (Å²) >= 11 is 0. The van der Waals surface area contributed by atoms with Crippen LogP contribution in [0.2, 0.25) is 0 Å². The zero-order chi connectivity index (χ0) is 16.4. The number of carbonyl (C=O) groups is 1. The molecule has 0 radical (unpaired) electrons. The van der Waals surface area contributed by atoms with E-state index in [1.807, 2.05) is 30.0 Å². The summed E-state index contributed by atoms with van der Waals surface area (Å²) in [5, 5.41) is 0. The van der Waals surface area contributed by atoms with Gasteiger partial charge in [0.15, 0.2) is 0 Å². The standard InChI is InChI=1S/C17H26N4O2/c1-13-15(20-8-10-23-11-9-20)5-7-21(13)17(22)14-12-18-6-4-16(14)19(2)3/h4,6,12-13,15H,5,7-11H2,1-3H3/t13-,15-/m1/s1. The van der Waals surface area contributed by atoms with Gasteiger partial charge < -0.3 is 14.5 Å². The van der Waals surface area contributed by atoms with Crippen molar-refractivity contribution >= 4 is 11.6 Å². The zero-order valence-corrected chi connectivity index (χ0v) is 14.2. The average molecular weight is 318 g/mol. The molecule has 0 saturated carbocycles. The summed E-state index contributed by atoms with van der Waals surface area (Å²) in [5.74, 6) is 0.0880. The van der Waals surface area contributed by atoms with E-state index in [0.29, 0.717) is 11.6 Å². The van der Waals surface area contributed by atoms with Gasteiger partial charge in [0.25, 0.3) is 5.91 Å². The van der Waals surface area contributed by atoms with Gasteiger partial charge in [-0.2, -0.15) is 0 Å². The van der Waals surface area contributed by atoms with Crippen LogP contribution in [0, 0.1) is 0 Å². The van der Waals surface area contributed by atoms with Gasteiger partial charge in [0.1, 0.15) is 0 Å². The highest BCUT2D eigenvalue weighted by atomic mass is 16.5. The molecule has 3 rings (SSSR count). The van der Waals surface area contributed by atoms with E-state index in [4.69, 9.17) is 4.74 Å². The first-order valence-electron chi connectivity index (χ1n) is 8.33. The van der Waals surface area contributed by atoms with Crippen molar-refractivity contribution in [2.75, 3.05) is 51.8 Å². The minimum absolute atomic E-state index is 0.0880. The number of hydrogen-bond acceptors (Lipinski definition) is 5. The molecule has 0 N–H and O–H groups in total. The van der Waals surface area contributed by atoms with Gasteiger partial charge >= 0.3 is 0 Å². The lowest BCUT2D eigenvalue weighted by Gasteiger charge is -2.35. The van der Waals surface area contributed by atoms with Gasteiger partial charge in [0.05, 0.1) is 24.5 Å². The maximum atomic E-state index is 13.0. The van der Waals surface area contributed by atoms with E-state index >= 15 is 0 Å². The number of aromatic nitrogens is 1. The largest absolute Gasteiger partial charge is 0.379 e. The fourth-order valence-corrected chi connectivity index (χ4v) is 3.70. The van der Waals surface area contributed by atoms with Crippen molar-refractivity contribution in [1.82, 2.24) is 14.8 Å². The van der Waals surface area contributed by atoms with E-state index in [9.17, 15) is 4.79 Å². The van der Waals surface area contributed by atoms with Crippen molar-refractivity contribution in [3.63, 3.8) is 0 Å². The third kappa shape index (κ3) is 3.19. The molecular weight excluding hydrogens is 292 g/mol. The lowest BCUT2D eigenvalue weighted by Crippen LogP contribution is -2.49. The Bertz CT molecular complexity index is 557. The Kier molecular flexibility index (Phi) is 4.82. The summed E-state index contributed by atoms with van der Waals surface area (Å²) in [6, 6.07) is 2.55. The van der Waals surface area contributed by atoms with Crippen molar-refractivity contribution in [3.8, 4) is 0 Å². The molecule has 2 atom stereocenters. The fraction of sp³-hybridized carbons (Fsp3) is 0.647. The van der Waals surface area contributed by atoms with Crippen molar-refractivity contribution in [3.05, 3.63) is 24.0 Å². The van der Waals surface area contributed by atoms with Crippen LogP contribution in [-0.2, 0) is 4.74 Å². The lowest BCUT2D eigenvalue weighted by atomic mass is 10.1. The van der Waals surface area contributed by atoms with Crippen LogP contribution in [0.25, 0.3) is 0 Å². The summed E-state index contributed by atoms with van der Waals surface area (Å²) in [7, 11) is 3.91. The Morgan fingerprint density at radius 1 is 1.30 bits per heavy atom. The molecule has 126 valence electrons. The van der Waals surface area contributed by atoms with Crippen molar-refractivity contribution in [2.24, 2.45) is 0 Å². The molecule has 23 heavy (non-hydrogen) atoms. The van der Waals surface area contributed by atoms with Crippen LogP contribution in [0.3, 0.4) is 0 Å². The van der Waals surface area contributed by atoms with Gasteiger partial charge in [0.2, 0.25) is 0 Å². The molecule has 3 heterocycles. The Labute approximate surface area is 138 Å². The normalized spacial score (nSPS) is 25.6. The third-order valence-corrected chi connectivity index (χ3v) is 5.00. The van der Waals surface area contributed by atoms with Crippen molar-refractivity contribution < 1.29 is 9.53 Å². The van der Waals surface area contributed by atoms with E-state index < -0.39 is 0 Å². The molecule has 0 aromatic carbocycles. The van der Waals surface area contributed by atoms with Crippen LogP contribution in [0.15, 0.2) is 18.5 Å². The topological polar surface area (TPSA) is 48.9 Å². The molecule has 2 aliphatic rings. The van der Waals surface area contributed by atoms with E-state index in [2.05, 4.69) is 16.8 Å². The Hall–Kier alpha value is -1.66. The zero-order valence-electron chi connectivity index (χ0n) is 14.2. The minimum Gasteiger partial charge on any atom is -0.379 e. The highest BCUT2D eigenvalue weighted by Gasteiger charge is 2.38. The van der Waals surface area contributed by atoms with E-state index in [1.54, 1.807) is 12.4 Å². The number of likely N-dealkylation sites (tertiary alicyclic amines) is 1. The Balaban J connectivity index is 1.76. The molecule has 6 nitrogen and oxygen atoms in total. The third-order valence-electron chi connectivity index (χ3n) is 5.00. The van der Waals surface area contributed by atoms with E-state index in [1.165, 1.54) is 0 Å². The first-order chi connectivity index (χ1) is 11.1. The molecule has 2 aliphatic heterocycles. The number of anilines is 1. The van der Waals surface area contributed by atoms with Crippen LogP contribution in [0.4, 0.5) is 5.69 Å². The average Bonchev–Trinajstić information content (AvgIpc) is 2.96. The summed E-state index contributed by atoms with van der Waals surface area (Å²) in [4.78, 5) is 23.6. The van der Waals surface area contributed by atoms with Crippen molar-refractivity contribution in [2.45, 2.75) is 25.4 Å². The number of hydrogen-bond donors (Lipinski definition) is 0. The first kappa shape index (κ1) is 16.2. The maximum absolute atomic E-state index is 13.0. The fourth-order valence-electron chi connectivity index (χ4n) is 3.70.